The minimum atomic E-state index is -0.0113. The summed E-state index contributed by atoms with van der Waals surface area (Å²) in [5.41, 5.74) is 3.16. The molecule has 0 saturated carbocycles. The Kier molecular flexibility index (Phi) is 4.62. The zero-order chi connectivity index (χ0) is 19.6. The quantitative estimate of drug-likeness (QED) is 0.345. The first-order chi connectivity index (χ1) is 14.3. The Hall–Kier alpha value is -3.38. The van der Waals surface area contributed by atoms with E-state index in [1.807, 2.05) is 41.8 Å². The highest BCUT2D eigenvalue weighted by atomic mass is 32.1. The SMILES string of the molecule is O=C(NCCCNc1nc2ccccc2c2[nH]c3ccccc3c12)c1cccs1. The van der Waals surface area contributed by atoms with Crippen LogP contribution in [0.4, 0.5) is 5.82 Å². The first kappa shape index (κ1) is 17.7. The number of fused-ring (bicyclic) bond motifs is 5. The summed E-state index contributed by atoms with van der Waals surface area (Å²) in [5, 5.41) is 11.8. The van der Waals surface area contributed by atoms with Crippen LogP contribution in [0.5, 0.6) is 0 Å². The predicted octanol–water partition coefficient (Wildman–Crippen LogP) is 5.16. The molecule has 3 N–H and O–H groups in total. The van der Waals surface area contributed by atoms with Gasteiger partial charge in [0, 0.05) is 29.4 Å². The lowest BCUT2D eigenvalue weighted by Crippen LogP contribution is -2.25. The van der Waals surface area contributed by atoms with E-state index in [9.17, 15) is 4.79 Å². The highest BCUT2D eigenvalue weighted by Gasteiger charge is 2.13. The number of nitrogens with one attached hydrogen (secondary N) is 3. The molecular formula is C23H20N4OS. The second kappa shape index (κ2) is 7.56. The maximum absolute atomic E-state index is 12.0. The molecule has 3 heterocycles. The fourth-order valence-corrected chi connectivity index (χ4v) is 4.31. The monoisotopic (exact) mass is 400 g/mol. The van der Waals surface area contributed by atoms with Crippen molar-refractivity contribution >= 4 is 55.8 Å². The number of hydrogen-bond donors (Lipinski definition) is 3. The number of thiophene rings is 1. The lowest BCUT2D eigenvalue weighted by atomic mass is 10.1. The van der Waals surface area contributed by atoms with Gasteiger partial charge in [-0.25, -0.2) is 4.98 Å². The summed E-state index contributed by atoms with van der Waals surface area (Å²) in [4.78, 5) is 21.2. The van der Waals surface area contributed by atoms with Crippen LogP contribution < -0.4 is 10.6 Å². The molecule has 0 aliphatic heterocycles. The average Bonchev–Trinajstić information content (AvgIpc) is 3.42. The van der Waals surface area contributed by atoms with Gasteiger partial charge >= 0.3 is 0 Å². The summed E-state index contributed by atoms with van der Waals surface area (Å²) >= 11 is 1.46. The molecule has 0 fully saturated rings. The fourth-order valence-electron chi connectivity index (χ4n) is 3.67. The largest absolute Gasteiger partial charge is 0.369 e. The first-order valence-corrected chi connectivity index (χ1v) is 10.5. The van der Waals surface area contributed by atoms with Crippen molar-refractivity contribution in [3.63, 3.8) is 0 Å². The smallest absolute Gasteiger partial charge is 0.261 e. The van der Waals surface area contributed by atoms with Crippen LogP contribution in [-0.4, -0.2) is 29.0 Å². The van der Waals surface area contributed by atoms with Crippen LogP contribution in [0.1, 0.15) is 16.1 Å². The number of anilines is 1. The van der Waals surface area contributed by atoms with Crippen molar-refractivity contribution in [2.45, 2.75) is 6.42 Å². The molecule has 0 unspecified atom stereocenters. The molecule has 0 spiro atoms. The highest BCUT2D eigenvalue weighted by molar-refractivity contribution is 7.12. The van der Waals surface area contributed by atoms with E-state index in [0.29, 0.717) is 6.54 Å². The summed E-state index contributed by atoms with van der Waals surface area (Å²) in [6.07, 6.45) is 0.815. The Bertz CT molecular complexity index is 1310. The lowest BCUT2D eigenvalue weighted by molar-refractivity contribution is 0.0957. The van der Waals surface area contributed by atoms with Crippen molar-refractivity contribution in [2.75, 3.05) is 18.4 Å². The predicted molar refractivity (Wildman–Crippen MR) is 121 cm³/mol. The summed E-state index contributed by atoms with van der Waals surface area (Å²) in [7, 11) is 0. The third-order valence-electron chi connectivity index (χ3n) is 5.03. The van der Waals surface area contributed by atoms with E-state index in [1.54, 1.807) is 0 Å². The number of carbonyl (C=O) groups is 1. The van der Waals surface area contributed by atoms with Crippen molar-refractivity contribution in [1.29, 1.82) is 0 Å². The van der Waals surface area contributed by atoms with Crippen molar-refractivity contribution in [3.05, 3.63) is 70.9 Å². The van der Waals surface area contributed by atoms with Gasteiger partial charge in [0.05, 0.1) is 21.3 Å². The maximum Gasteiger partial charge on any atom is 0.261 e. The van der Waals surface area contributed by atoms with Crippen LogP contribution in [0.25, 0.3) is 32.7 Å². The zero-order valence-electron chi connectivity index (χ0n) is 15.7. The number of aromatic amines is 1. The van der Waals surface area contributed by atoms with Gasteiger partial charge in [-0.1, -0.05) is 42.5 Å². The highest BCUT2D eigenvalue weighted by Crippen LogP contribution is 2.34. The van der Waals surface area contributed by atoms with Gasteiger partial charge in [0.1, 0.15) is 5.82 Å². The van der Waals surface area contributed by atoms with Crippen LogP contribution in [-0.2, 0) is 0 Å². The molecule has 5 nitrogen and oxygen atoms in total. The third-order valence-corrected chi connectivity index (χ3v) is 5.89. The fraction of sp³-hybridized carbons (Fsp3) is 0.130. The minimum absolute atomic E-state index is 0.0113. The lowest BCUT2D eigenvalue weighted by Gasteiger charge is -2.10. The van der Waals surface area contributed by atoms with E-state index in [2.05, 4.69) is 39.9 Å². The Morgan fingerprint density at radius 2 is 1.79 bits per heavy atom. The molecule has 29 heavy (non-hydrogen) atoms. The van der Waals surface area contributed by atoms with Crippen molar-refractivity contribution < 1.29 is 4.79 Å². The third kappa shape index (κ3) is 3.32. The van der Waals surface area contributed by atoms with Crippen LogP contribution in [0.3, 0.4) is 0 Å². The van der Waals surface area contributed by atoms with E-state index < -0.39 is 0 Å². The molecule has 5 rings (SSSR count). The number of rotatable bonds is 6. The van der Waals surface area contributed by atoms with Gasteiger partial charge in [0.15, 0.2) is 0 Å². The summed E-state index contributed by atoms with van der Waals surface area (Å²) in [6.45, 7) is 1.35. The number of pyridine rings is 1. The number of aromatic nitrogens is 2. The van der Waals surface area contributed by atoms with Crippen LogP contribution in [0.2, 0.25) is 0 Å². The molecule has 0 aliphatic rings. The number of carbonyl (C=O) groups excluding carboxylic acids is 1. The Morgan fingerprint density at radius 1 is 0.966 bits per heavy atom. The number of hydrogen-bond acceptors (Lipinski definition) is 4. The number of nitrogens with zero attached hydrogens (tertiary/aromatic N) is 1. The summed E-state index contributed by atoms with van der Waals surface area (Å²) < 4.78 is 0. The number of para-hydroxylation sites is 2. The zero-order valence-corrected chi connectivity index (χ0v) is 16.6. The van der Waals surface area contributed by atoms with Crippen LogP contribution in [0.15, 0.2) is 66.0 Å². The maximum atomic E-state index is 12.0. The molecule has 0 atom stereocenters. The number of H-pyrrole nitrogens is 1. The molecule has 6 heteroatoms. The molecule has 0 bridgehead atoms. The normalized spacial score (nSPS) is 11.3. The van der Waals surface area contributed by atoms with Crippen LogP contribution in [0, 0.1) is 0 Å². The summed E-state index contributed by atoms with van der Waals surface area (Å²) in [6, 6.07) is 20.2. The second-order valence-electron chi connectivity index (χ2n) is 6.91. The van der Waals surface area contributed by atoms with Crippen molar-refractivity contribution in [2.24, 2.45) is 0 Å². The molecule has 5 aromatic rings. The molecule has 2 aromatic carbocycles. The average molecular weight is 401 g/mol. The van der Waals surface area contributed by atoms with Gasteiger partial charge in [-0.05, 0) is 30.0 Å². The molecular weight excluding hydrogens is 380 g/mol. The summed E-state index contributed by atoms with van der Waals surface area (Å²) in [5.74, 6) is 0.864. The van der Waals surface area contributed by atoms with E-state index in [1.165, 1.54) is 11.3 Å². The van der Waals surface area contributed by atoms with E-state index in [-0.39, 0.29) is 5.91 Å². The van der Waals surface area contributed by atoms with Crippen molar-refractivity contribution in [3.8, 4) is 0 Å². The van der Waals surface area contributed by atoms with Crippen LogP contribution >= 0.6 is 11.3 Å². The molecule has 0 radical (unpaired) electrons. The van der Waals surface area contributed by atoms with Crippen molar-refractivity contribution in [1.82, 2.24) is 15.3 Å². The Morgan fingerprint density at radius 3 is 2.66 bits per heavy atom. The number of amides is 1. The number of benzene rings is 2. The second-order valence-corrected chi connectivity index (χ2v) is 7.86. The van der Waals surface area contributed by atoms with Gasteiger partial charge in [-0.3, -0.25) is 4.79 Å². The topological polar surface area (TPSA) is 69.8 Å². The van der Waals surface area contributed by atoms with E-state index in [4.69, 9.17) is 4.98 Å². The Labute approximate surface area is 171 Å². The Balaban J connectivity index is 1.38. The van der Waals surface area contributed by atoms with Gasteiger partial charge in [-0.2, -0.15) is 0 Å². The van der Waals surface area contributed by atoms with Gasteiger partial charge < -0.3 is 15.6 Å². The van der Waals surface area contributed by atoms with E-state index in [0.717, 1.165) is 56.4 Å². The molecule has 144 valence electrons. The molecule has 3 aromatic heterocycles. The van der Waals surface area contributed by atoms with Gasteiger partial charge in [-0.15, -0.1) is 11.3 Å². The first-order valence-electron chi connectivity index (χ1n) is 9.66. The van der Waals surface area contributed by atoms with E-state index >= 15 is 0 Å². The minimum Gasteiger partial charge on any atom is -0.369 e. The molecule has 0 aliphatic carbocycles. The molecule has 0 saturated heterocycles. The van der Waals surface area contributed by atoms with Gasteiger partial charge in [0.2, 0.25) is 0 Å². The molecule has 1 amide bonds. The van der Waals surface area contributed by atoms with Gasteiger partial charge in [0.25, 0.3) is 5.91 Å². The standard InChI is InChI=1S/C23H20N4OS/c28-23(19-11-5-14-29-19)25-13-6-12-24-22-20-15-7-1-3-9-17(15)26-21(20)16-8-2-4-10-18(16)27-22/h1-5,7-11,14,26H,6,12-13H2,(H,24,27)(H,25,28).